The van der Waals surface area contributed by atoms with Gasteiger partial charge in [-0.05, 0) is 78.2 Å². The van der Waals surface area contributed by atoms with Crippen LogP contribution < -0.4 is 5.56 Å². The Morgan fingerprint density at radius 2 is 0.723 bits per heavy atom. The van der Waals surface area contributed by atoms with Crippen LogP contribution in [-0.2, 0) is 0 Å². The summed E-state index contributed by atoms with van der Waals surface area (Å²) in [7, 11) is 0. The van der Waals surface area contributed by atoms with Crippen molar-refractivity contribution in [2.45, 2.75) is 0 Å². The van der Waals surface area contributed by atoms with Gasteiger partial charge in [-0.3, -0.25) is 9.36 Å². The minimum Gasteiger partial charge on any atom is -0.309 e. The van der Waals surface area contributed by atoms with Crippen LogP contribution in [0.2, 0.25) is 0 Å². The molecule has 0 aliphatic carbocycles. The van der Waals surface area contributed by atoms with Gasteiger partial charge in [-0.25, -0.2) is 0 Å². The Labute approximate surface area is 269 Å². The Morgan fingerprint density at radius 3 is 1.36 bits per heavy atom. The summed E-state index contributed by atoms with van der Waals surface area (Å²) in [6, 6.07) is 56.9. The van der Waals surface area contributed by atoms with Crippen LogP contribution in [0.5, 0.6) is 0 Å². The lowest BCUT2D eigenvalue weighted by molar-refractivity contribution is 1.06. The van der Waals surface area contributed by atoms with Gasteiger partial charge >= 0.3 is 0 Å². The van der Waals surface area contributed by atoms with Crippen LogP contribution >= 0.6 is 0 Å². The van der Waals surface area contributed by atoms with Crippen molar-refractivity contribution in [1.82, 2.24) is 13.7 Å². The van der Waals surface area contributed by atoms with Crippen molar-refractivity contribution in [3.63, 3.8) is 0 Å². The molecule has 10 aromatic rings. The first-order valence-corrected chi connectivity index (χ1v) is 15.9. The van der Waals surface area contributed by atoms with Gasteiger partial charge in [0, 0.05) is 43.7 Å². The first kappa shape index (κ1) is 25.9. The first-order valence-electron chi connectivity index (χ1n) is 15.9. The zero-order chi connectivity index (χ0) is 31.1. The van der Waals surface area contributed by atoms with Crippen molar-refractivity contribution in [1.29, 1.82) is 0 Å². The molecule has 0 spiro atoms. The highest BCUT2D eigenvalue weighted by molar-refractivity contribution is 6.18. The van der Waals surface area contributed by atoms with Crippen LogP contribution in [0.15, 0.2) is 169 Å². The largest absolute Gasteiger partial charge is 0.309 e. The summed E-state index contributed by atoms with van der Waals surface area (Å²) in [6.45, 7) is 0. The number of rotatable bonds is 3. The average molecular weight is 602 g/mol. The van der Waals surface area contributed by atoms with Crippen LogP contribution in [0.4, 0.5) is 0 Å². The zero-order valence-electron chi connectivity index (χ0n) is 25.3. The SMILES string of the molecule is O=c1c2ccccc2c2cc3c4ccccc4n(-c4ccccc4)c3cc2n1-c1ccc2c(c1)c1ccccc1n2-c1ccccc1. The molecule has 0 bridgehead atoms. The number of hydrogen-bond donors (Lipinski definition) is 0. The summed E-state index contributed by atoms with van der Waals surface area (Å²) < 4.78 is 6.53. The minimum atomic E-state index is -0.0269. The molecular formula is C43H27N3O. The van der Waals surface area contributed by atoms with Gasteiger partial charge in [-0.2, -0.15) is 0 Å². The standard InChI is InChI=1S/C43H27N3O/c47-43-34-20-8-7-17-31(34)36-26-37-33-19-10-12-22-39(33)45(29-15-5-2-6-16-29)41(37)27-42(36)46(43)30-23-24-40-35(25-30)32-18-9-11-21-38(32)44(40)28-13-3-1-4-14-28/h1-27H. The lowest BCUT2D eigenvalue weighted by Gasteiger charge is -2.15. The Balaban J connectivity index is 1.35. The summed E-state index contributed by atoms with van der Waals surface area (Å²) in [5.74, 6) is 0. The van der Waals surface area contributed by atoms with E-state index in [1.165, 1.54) is 5.39 Å². The van der Waals surface area contributed by atoms with Crippen LogP contribution in [0.25, 0.3) is 82.3 Å². The minimum absolute atomic E-state index is 0.0269. The molecule has 7 aromatic carbocycles. The number of nitrogens with zero attached hydrogens (tertiary/aromatic N) is 3. The van der Waals surface area contributed by atoms with Crippen molar-refractivity contribution in [2.75, 3.05) is 0 Å². The highest BCUT2D eigenvalue weighted by Gasteiger charge is 2.19. The fourth-order valence-corrected chi connectivity index (χ4v) is 7.61. The number of para-hydroxylation sites is 4. The molecular weight excluding hydrogens is 574 g/mol. The average Bonchev–Trinajstić information content (AvgIpc) is 3.64. The third-order valence-electron chi connectivity index (χ3n) is 9.62. The predicted octanol–water partition coefficient (Wildman–Crippen LogP) is 10.3. The molecule has 0 saturated heterocycles. The van der Waals surface area contributed by atoms with E-state index in [1.54, 1.807) is 0 Å². The molecule has 0 N–H and O–H groups in total. The summed E-state index contributed by atoms with van der Waals surface area (Å²) in [6.07, 6.45) is 0. The molecule has 0 aliphatic heterocycles. The van der Waals surface area contributed by atoms with E-state index in [1.807, 2.05) is 34.9 Å². The number of hydrogen-bond acceptors (Lipinski definition) is 1. The topological polar surface area (TPSA) is 31.9 Å². The summed E-state index contributed by atoms with van der Waals surface area (Å²) in [5, 5.41) is 7.32. The summed E-state index contributed by atoms with van der Waals surface area (Å²) >= 11 is 0. The molecule has 3 aromatic heterocycles. The van der Waals surface area contributed by atoms with Gasteiger partial charge in [0.05, 0.1) is 33.3 Å². The second-order valence-corrected chi connectivity index (χ2v) is 12.2. The highest BCUT2D eigenvalue weighted by atomic mass is 16.1. The highest BCUT2D eigenvalue weighted by Crippen LogP contribution is 2.38. The van der Waals surface area contributed by atoms with Gasteiger partial charge < -0.3 is 9.13 Å². The summed E-state index contributed by atoms with van der Waals surface area (Å²) in [4.78, 5) is 14.6. The van der Waals surface area contributed by atoms with Gasteiger partial charge in [-0.15, -0.1) is 0 Å². The van der Waals surface area contributed by atoms with Gasteiger partial charge in [0.25, 0.3) is 5.56 Å². The molecule has 0 radical (unpaired) electrons. The van der Waals surface area contributed by atoms with E-state index in [9.17, 15) is 4.79 Å². The van der Waals surface area contributed by atoms with Crippen molar-refractivity contribution in [2.24, 2.45) is 0 Å². The van der Waals surface area contributed by atoms with Crippen LogP contribution in [0.1, 0.15) is 0 Å². The molecule has 47 heavy (non-hydrogen) atoms. The van der Waals surface area contributed by atoms with Crippen molar-refractivity contribution in [3.8, 4) is 17.1 Å². The van der Waals surface area contributed by atoms with E-state index in [-0.39, 0.29) is 5.56 Å². The normalized spacial score (nSPS) is 11.9. The molecule has 0 fully saturated rings. The molecule has 0 saturated carbocycles. The number of fused-ring (bicyclic) bond motifs is 9. The fraction of sp³-hybridized carbons (Fsp3) is 0. The van der Waals surface area contributed by atoms with E-state index in [4.69, 9.17) is 0 Å². The second kappa shape index (κ2) is 9.80. The molecule has 4 heteroatoms. The predicted molar refractivity (Wildman–Crippen MR) is 196 cm³/mol. The van der Waals surface area contributed by atoms with E-state index in [0.717, 1.165) is 71.6 Å². The number of aromatic nitrogens is 3. The van der Waals surface area contributed by atoms with Crippen LogP contribution in [-0.4, -0.2) is 13.7 Å². The van der Waals surface area contributed by atoms with E-state index in [0.29, 0.717) is 5.39 Å². The van der Waals surface area contributed by atoms with Crippen molar-refractivity contribution in [3.05, 3.63) is 174 Å². The third kappa shape index (κ3) is 3.67. The van der Waals surface area contributed by atoms with E-state index < -0.39 is 0 Å². The molecule has 0 atom stereocenters. The van der Waals surface area contributed by atoms with Gasteiger partial charge in [0.15, 0.2) is 0 Å². The maximum absolute atomic E-state index is 14.6. The Kier molecular flexibility index (Phi) is 5.40. The Bertz CT molecular complexity index is 2910. The zero-order valence-corrected chi connectivity index (χ0v) is 25.3. The number of pyridine rings is 1. The lowest BCUT2D eigenvalue weighted by atomic mass is 10.0. The Morgan fingerprint density at radius 1 is 0.277 bits per heavy atom. The molecule has 4 nitrogen and oxygen atoms in total. The molecule has 0 amide bonds. The summed E-state index contributed by atoms with van der Waals surface area (Å²) in [5.41, 5.74) is 8.33. The van der Waals surface area contributed by atoms with Crippen molar-refractivity contribution >= 4 is 65.3 Å². The molecule has 3 heterocycles. The van der Waals surface area contributed by atoms with Crippen LogP contribution in [0, 0.1) is 0 Å². The number of benzene rings is 7. The molecule has 220 valence electrons. The first-order chi connectivity index (χ1) is 23.3. The molecule has 0 unspecified atom stereocenters. The maximum atomic E-state index is 14.6. The second-order valence-electron chi connectivity index (χ2n) is 12.2. The molecule has 0 aliphatic rings. The van der Waals surface area contributed by atoms with Crippen molar-refractivity contribution < 1.29 is 0 Å². The van der Waals surface area contributed by atoms with E-state index >= 15 is 0 Å². The van der Waals surface area contributed by atoms with Gasteiger partial charge in [0.1, 0.15) is 0 Å². The van der Waals surface area contributed by atoms with Gasteiger partial charge in [0.2, 0.25) is 0 Å². The lowest BCUT2D eigenvalue weighted by Crippen LogP contribution is -2.19. The monoisotopic (exact) mass is 601 g/mol. The maximum Gasteiger partial charge on any atom is 0.263 e. The Hall–Kier alpha value is -6.39. The third-order valence-corrected chi connectivity index (χ3v) is 9.62. The fourth-order valence-electron chi connectivity index (χ4n) is 7.61. The van der Waals surface area contributed by atoms with E-state index in [2.05, 4.69) is 143 Å². The quantitative estimate of drug-likeness (QED) is 0.185. The molecule has 10 rings (SSSR count). The smallest absolute Gasteiger partial charge is 0.263 e. The van der Waals surface area contributed by atoms with Gasteiger partial charge in [-0.1, -0.05) is 91.0 Å². The van der Waals surface area contributed by atoms with Crippen LogP contribution in [0.3, 0.4) is 0 Å².